The molecule has 0 aromatic heterocycles. The van der Waals surface area contributed by atoms with Crippen LogP contribution in [0.1, 0.15) is 27.0 Å². The number of hydrogen-bond donors (Lipinski definition) is 0. The number of anilines is 1. The first-order valence-corrected chi connectivity index (χ1v) is 6.67. The summed E-state index contributed by atoms with van der Waals surface area (Å²) in [6.07, 6.45) is 0. The second-order valence-electron chi connectivity index (χ2n) is 5.00. The van der Waals surface area contributed by atoms with Crippen molar-refractivity contribution in [1.29, 1.82) is 5.26 Å². The standard InChI is InChI=1S/C17H14N2O2/c1-19(16-4-2-3-12(7-16)9-18)17(20)13-5-6-14-10-21-11-15(14)8-13/h2-8H,10-11H2,1H3. The van der Waals surface area contributed by atoms with Gasteiger partial charge in [-0.25, -0.2) is 0 Å². The summed E-state index contributed by atoms with van der Waals surface area (Å²) < 4.78 is 5.36. The Morgan fingerprint density at radius 1 is 1.19 bits per heavy atom. The Kier molecular flexibility index (Phi) is 3.43. The van der Waals surface area contributed by atoms with Gasteiger partial charge in [-0.1, -0.05) is 12.1 Å². The highest BCUT2D eigenvalue weighted by Gasteiger charge is 2.17. The van der Waals surface area contributed by atoms with Crippen LogP contribution in [-0.2, 0) is 18.0 Å². The third kappa shape index (κ3) is 2.51. The molecular weight excluding hydrogens is 264 g/mol. The summed E-state index contributed by atoms with van der Waals surface area (Å²) in [7, 11) is 1.71. The van der Waals surface area contributed by atoms with Gasteiger partial charge in [0.2, 0.25) is 0 Å². The zero-order valence-corrected chi connectivity index (χ0v) is 11.7. The highest BCUT2D eigenvalue weighted by molar-refractivity contribution is 6.06. The summed E-state index contributed by atoms with van der Waals surface area (Å²) in [5.74, 6) is -0.0974. The molecule has 1 amide bonds. The van der Waals surface area contributed by atoms with E-state index in [-0.39, 0.29) is 5.91 Å². The molecule has 0 saturated heterocycles. The van der Waals surface area contributed by atoms with Crippen molar-refractivity contribution in [1.82, 2.24) is 0 Å². The first-order chi connectivity index (χ1) is 10.2. The number of benzene rings is 2. The third-order valence-corrected chi connectivity index (χ3v) is 3.64. The van der Waals surface area contributed by atoms with Gasteiger partial charge in [-0.05, 0) is 41.5 Å². The Labute approximate surface area is 123 Å². The summed E-state index contributed by atoms with van der Waals surface area (Å²) in [6.45, 7) is 1.17. The lowest BCUT2D eigenvalue weighted by Crippen LogP contribution is -2.26. The lowest BCUT2D eigenvalue weighted by Gasteiger charge is -2.18. The molecule has 0 saturated carbocycles. The van der Waals surface area contributed by atoms with Crippen LogP contribution in [0.4, 0.5) is 5.69 Å². The van der Waals surface area contributed by atoms with Crippen LogP contribution < -0.4 is 4.90 Å². The van der Waals surface area contributed by atoms with E-state index in [4.69, 9.17) is 10.00 Å². The average molecular weight is 278 g/mol. The maximum atomic E-state index is 12.5. The lowest BCUT2D eigenvalue weighted by molar-refractivity contribution is 0.0993. The highest BCUT2D eigenvalue weighted by atomic mass is 16.5. The van der Waals surface area contributed by atoms with Crippen molar-refractivity contribution in [2.45, 2.75) is 13.2 Å². The second kappa shape index (κ2) is 5.39. The average Bonchev–Trinajstić information content (AvgIpc) is 3.01. The summed E-state index contributed by atoms with van der Waals surface area (Å²) >= 11 is 0. The number of amides is 1. The number of nitriles is 1. The smallest absolute Gasteiger partial charge is 0.258 e. The quantitative estimate of drug-likeness (QED) is 0.848. The molecule has 0 spiro atoms. The predicted molar refractivity (Wildman–Crippen MR) is 78.8 cm³/mol. The number of rotatable bonds is 2. The number of carbonyl (C=O) groups is 1. The molecule has 0 fully saturated rings. The normalized spacial score (nSPS) is 12.6. The maximum Gasteiger partial charge on any atom is 0.258 e. The molecule has 0 aliphatic carbocycles. The first kappa shape index (κ1) is 13.3. The zero-order chi connectivity index (χ0) is 14.8. The van der Waals surface area contributed by atoms with Crippen molar-refractivity contribution in [2.24, 2.45) is 0 Å². The van der Waals surface area contributed by atoms with Crippen LogP contribution in [0.5, 0.6) is 0 Å². The molecular formula is C17H14N2O2. The molecule has 2 aromatic rings. The van der Waals surface area contributed by atoms with Crippen LogP contribution in [0.3, 0.4) is 0 Å². The summed E-state index contributed by atoms with van der Waals surface area (Å²) in [4.78, 5) is 14.1. The van der Waals surface area contributed by atoms with Gasteiger partial charge in [0.25, 0.3) is 5.91 Å². The predicted octanol–water partition coefficient (Wildman–Crippen LogP) is 2.87. The zero-order valence-electron chi connectivity index (χ0n) is 11.7. The van der Waals surface area contributed by atoms with Gasteiger partial charge < -0.3 is 9.64 Å². The number of ether oxygens (including phenoxy) is 1. The molecule has 1 aliphatic heterocycles. The van der Waals surface area contributed by atoms with Crippen molar-refractivity contribution in [3.05, 3.63) is 64.7 Å². The van der Waals surface area contributed by atoms with Gasteiger partial charge in [0.05, 0.1) is 24.8 Å². The topological polar surface area (TPSA) is 53.3 Å². The Hall–Kier alpha value is -2.64. The minimum Gasteiger partial charge on any atom is -0.372 e. The van der Waals surface area contributed by atoms with Crippen LogP contribution in [0, 0.1) is 11.3 Å². The Morgan fingerprint density at radius 2 is 2.00 bits per heavy atom. The number of hydrogen-bond acceptors (Lipinski definition) is 3. The minimum absolute atomic E-state index is 0.0974. The largest absolute Gasteiger partial charge is 0.372 e. The van der Waals surface area contributed by atoms with E-state index in [0.29, 0.717) is 30.0 Å². The van der Waals surface area contributed by atoms with E-state index >= 15 is 0 Å². The third-order valence-electron chi connectivity index (χ3n) is 3.64. The molecule has 2 aromatic carbocycles. The molecule has 0 N–H and O–H groups in total. The molecule has 1 aliphatic rings. The summed E-state index contributed by atoms with van der Waals surface area (Å²) in [5, 5.41) is 8.94. The van der Waals surface area contributed by atoms with Crippen molar-refractivity contribution in [3.63, 3.8) is 0 Å². The van der Waals surface area contributed by atoms with E-state index in [2.05, 4.69) is 6.07 Å². The van der Waals surface area contributed by atoms with Gasteiger partial charge in [0.1, 0.15) is 0 Å². The second-order valence-corrected chi connectivity index (χ2v) is 5.00. The fourth-order valence-corrected chi connectivity index (χ4v) is 2.40. The Bertz CT molecular complexity index is 747. The van der Waals surface area contributed by atoms with Crippen LogP contribution in [0.2, 0.25) is 0 Å². The van der Waals surface area contributed by atoms with Crippen molar-refractivity contribution >= 4 is 11.6 Å². The monoisotopic (exact) mass is 278 g/mol. The van der Waals surface area contributed by atoms with Gasteiger partial charge in [-0.2, -0.15) is 5.26 Å². The maximum absolute atomic E-state index is 12.5. The van der Waals surface area contributed by atoms with Gasteiger partial charge in [0.15, 0.2) is 0 Å². The first-order valence-electron chi connectivity index (χ1n) is 6.67. The molecule has 4 nitrogen and oxygen atoms in total. The fourth-order valence-electron chi connectivity index (χ4n) is 2.40. The van der Waals surface area contributed by atoms with E-state index < -0.39 is 0 Å². The highest BCUT2D eigenvalue weighted by Crippen LogP contribution is 2.23. The van der Waals surface area contributed by atoms with Gasteiger partial charge in [-0.3, -0.25) is 4.79 Å². The van der Waals surface area contributed by atoms with E-state index in [9.17, 15) is 4.79 Å². The van der Waals surface area contributed by atoms with Crippen LogP contribution in [-0.4, -0.2) is 13.0 Å². The minimum atomic E-state index is -0.0974. The number of nitrogens with zero attached hydrogens (tertiary/aromatic N) is 2. The van der Waals surface area contributed by atoms with E-state index in [1.165, 1.54) is 0 Å². The van der Waals surface area contributed by atoms with Crippen LogP contribution in [0.25, 0.3) is 0 Å². The molecule has 104 valence electrons. The molecule has 21 heavy (non-hydrogen) atoms. The van der Waals surface area contributed by atoms with E-state index in [1.807, 2.05) is 24.3 Å². The lowest BCUT2D eigenvalue weighted by atomic mass is 10.1. The Morgan fingerprint density at radius 3 is 2.81 bits per heavy atom. The van der Waals surface area contributed by atoms with Gasteiger partial charge in [-0.15, -0.1) is 0 Å². The summed E-state index contributed by atoms with van der Waals surface area (Å²) in [5.41, 5.74) is 4.08. The number of fused-ring (bicyclic) bond motifs is 1. The van der Waals surface area contributed by atoms with Crippen LogP contribution in [0.15, 0.2) is 42.5 Å². The van der Waals surface area contributed by atoms with E-state index in [0.717, 1.165) is 11.1 Å². The van der Waals surface area contributed by atoms with Crippen molar-refractivity contribution in [3.8, 4) is 6.07 Å². The van der Waals surface area contributed by atoms with Crippen molar-refractivity contribution < 1.29 is 9.53 Å². The molecule has 0 atom stereocenters. The molecule has 0 bridgehead atoms. The number of carbonyl (C=O) groups excluding carboxylic acids is 1. The van der Waals surface area contributed by atoms with Gasteiger partial charge >= 0.3 is 0 Å². The Balaban J connectivity index is 1.89. The molecule has 0 unspecified atom stereocenters. The molecule has 3 rings (SSSR count). The fraction of sp³-hybridized carbons (Fsp3) is 0.176. The summed E-state index contributed by atoms with van der Waals surface area (Å²) in [6, 6.07) is 14.7. The van der Waals surface area contributed by atoms with Crippen molar-refractivity contribution in [2.75, 3.05) is 11.9 Å². The van der Waals surface area contributed by atoms with Crippen LogP contribution >= 0.6 is 0 Å². The SMILES string of the molecule is CN(C(=O)c1ccc2c(c1)COC2)c1cccc(C#N)c1. The van der Waals surface area contributed by atoms with Gasteiger partial charge in [0, 0.05) is 18.3 Å². The molecule has 4 heteroatoms. The molecule has 0 radical (unpaired) electrons. The molecule has 1 heterocycles. The van der Waals surface area contributed by atoms with E-state index in [1.54, 1.807) is 30.1 Å².